The summed E-state index contributed by atoms with van der Waals surface area (Å²) in [4.78, 5) is 16.3. The van der Waals surface area contributed by atoms with E-state index >= 15 is 0 Å². The zero-order valence-electron chi connectivity index (χ0n) is 13.6. The number of piperazine rings is 1. The molecule has 1 aliphatic heterocycles. The summed E-state index contributed by atoms with van der Waals surface area (Å²) in [5.41, 5.74) is 1.73. The van der Waals surface area contributed by atoms with Gasteiger partial charge in [0.2, 0.25) is 5.91 Å². The summed E-state index contributed by atoms with van der Waals surface area (Å²) >= 11 is 0. The quantitative estimate of drug-likeness (QED) is 0.807. The molecule has 2 aromatic carbocycles. The zero-order valence-corrected chi connectivity index (χ0v) is 13.6. The van der Waals surface area contributed by atoms with Crippen molar-refractivity contribution in [2.75, 3.05) is 26.2 Å². The molecule has 0 atom stereocenters. The van der Waals surface area contributed by atoms with Crippen LogP contribution in [0.5, 0.6) is 0 Å². The lowest BCUT2D eigenvalue weighted by Gasteiger charge is -2.34. The molecule has 1 fully saturated rings. The number of nitrogens with zero attached hydrogens (tertiary/aromatic N) is 2. The molecule has 1 aliphatic rings. The molecule has 0 aliphatic carbocycles. The van der Waals surface area contributed by atoms with Gasteiger partial charge in [-0.3, -0.25) is 9.69 Å². The molecule has 3 nitrogen and oxygen atoms in total. The lowest BCUT2D eigenvalue weighted by molar-refractivity contribution is -0.127. The highest BCUT2D eigenvalue weighted by atomic mass is 19.1. The third-order valence-corrected chi connectivity index (χ3v) is 4.25. The number of benzene rings is 2. The van der Waals surface area contributed by atoms with Gasteiger partial charge in [-0.15, -0.1) is 0 Å². The summed E-state index contributed by atoms with van der Waals surface area (Å²) < 4.78 is 13.7. The predicted octanol–water partition coefficient (Wildman–Crippen LogP) is 3.18. The number of carbonyl (C=O) groups excluding carboxylic acids is 1. The molecule has 1 saturated heterocycles. The summed E-state index contributed by atoms with van der Waals surface area (Å²) in [6.07, 6.45) is 3.47. The molecule has 1 heterocycles. The number of amides is 1. The summed E-state index contributed by atoms with van der Waals surface area (Å²) in [6, 6.07) is 16.7. The minimum Gasteiger partial charge on any atom is -0.337 e. The Kier molecular flexibility index (Phi) is 5.39. The molecule has 0 aromatic heterocycles. The summed E-state index contributed by atoms with van der Waals surface area (Å²) in [5.74, 6) is -0.133. The number of rotatable bonds is 4. The number of hydrogen-bond acceptors (Lipinski definition) is 2. The molecule has 124 valence electrons. The van der Waals surface area contributed by atoms with E-state index < -0.39 is 0 Å². The fraction of sp³-hybridized carbons (Fsp3) is 0.250. The van der Waals surface area contributed by atoms with Gasteiger partial charge in [-0.25, -0.2) is 4.39 Å². The van der Waals surface area contributed by atoms with E-state index in [1.807, 2.05) is 53.4 Å². The van der Waals surface area contributed by atoms with E-state index in [-0.39, 0.29) is 11.7 Å². The van der Waals surface area contributed by atoms with Gasteiger partial charge in [0.15, 0.2) is 0 Å². The second-order valence-corrected chi connectivity index (χ2v) is 5.94. The second kappa shape index (κ2) is 7.88. The van der Waals surface area contributed by atoms with Crippen molar-refractivity contribution >= 4 is 12.0 Å². The smallest absolute Gasteiger partial charge is 0.246 e. The minimum absolute atomic E-state index is 0.0318. The van der Waals surface area contributed by atoms with Crippen molar-refractivity contribution in [3.8, 4) is 0 Å². The Bertz CT molecular complexity index is 707. The maximum Gasteiger partial charge on any atom is 0.246 e. The Morgan fingerprint density at radius 3 is 2.33 bits per heavy atom. The molecule has 0 radical (unpaired) electrons. The monoisotopic (exact) mass is 324 g/mol. The van der Waals surface area contributed by atoms with Crippen LogP contribution in [-0.4, -0.2) is 41.9 Å². The average molecular weight is 324 g/mol. The molecular formula is C20H21FN2O. The molecule has 0 bridgehead atoms. The number of halogens is 1. The molecule has 1 amide bonds. The van der Waals surface area contributed by atoms with Crippen LogP contribution in [0.4, 0.5) is 4.39 Å². The summed E-state index contributed by atoms with van der Waals surface area (Å²) in [6.45, 7) is 3.46. The van der Waals surface area contributed by atoms with E-state index in [0.29, 0.717) is 25.2 Å². The molecule has 3 rings (SSSR count). The molecule has 0 N–H and O–H groups in total. The first-order chi connectivity index (χ1) is 11.7. The van der Waals surface area contributed by atoms with Crippen LogP contribution in [-0.2, 0) is 11.3 Å². The summed E-state index contributed by atoms with van der Waals surface area (Å²) in [5, 5.41) is 0. The third kappa shape index (κ3) is 4.30. The SMILES string of the molecule is O=C(/C=C/c1ccccc1)N1CCN(Cc2ccccc2F)CC1. The van der Waals surface area contributed by atoms with Crippen molar-refractivity contribution in [3.05, 3.63) is 77.6 Å². The fourth-order valence-corrected chi connectivity index (χ4v) is 2.83. The van der Waals surface area contributed by atoms with E-state index in [9.17, 15) is 9.18 Å². The van der Waals surface area contributed by atoms with Crippen LogP contribution in [0.3, 0.4) is 0 Å². The van der Waals surface area contributed by atoms with Gasteiger partial charge in [-0.2, -0.15) is 0 Å². The summed E-state index contributed by atoms with van der Waals surface area (Å²) in [7, 11) is 0. The Hall–Kier alpha value is -2.46. The molecule has 0 spiro atoms. The second-order valence-electron chi connectivity index (χ2n) is 5.94. The average Bonchev–Trinajstić information content (AvgIpc) is 2.63. The van der Waals surface area contributed by atoms with Crippen LogP contribution >= 0.6 is 0 Å². The van der Waals surface area contributed by atoms with Crippen molar-refractivity contribution in [2.24, 2.45) is 0 Å². The van der Waals surface area contributed by atoms with Crippen LogP contribution in [0.2, 0.25) is 0 Å². The first kappa shape index (κ1) is 16.4. The molecular weight excluding hydrogens is 303 g/mol. The van der Waals surface area contributed by atoms with Crippen molar-refractivity contribution in [1.29, 1.82) is 0 Å². The van der Waals surface area contributed by atoms with Gasteiger partial charge in [-0.1, -0.05) is 48.5 Å². The Labute approximate surface area is 142 Å². The van der Waals surface area contributed by atoms with Crippen molar-refractivity contribution in [2.45, 2.75) is 6.54 Å². The molecule has 2 aromatic rings. The lowest BCUT2D eigenvalue weighted by Crippen LogP contribution is -2.47. The number of hydrogen-bond donors (Lipinski definition) is 0. The van der Waals surface area contributed by atoms with Gasteiger partial charge in [0.25, 0.3) is 0 Å². The highest BCUT2D eigenvalue weighted by molar-refractivity contribution is 5.91. The minimum atomic E-state index is -0.165. The molecule has 0 saturated carbocycles. The predicted molar refractivity (Wildman–Crippen MR) is 93.7 cm³/mol. The first-order valence-corrected chi connectivity index (χ1v) is 8.20. The third-order valence-electron chi connectivity index (χ3n) is 4.25. The van der Waals surface area contributed by atoms with E-state index in [2.05, 4.69) is 4.90 Å². The van der Waals surface area contributed by atoms with Crippen molar-refractivity contribution in [3.63, 3.8) is 0 Å². The first-order valence-electron chi connectivity index (χ1n) is 8.20. The lowest BCUT2D eigenvalue weighted by atomic mass is 10.2. The normalized spacial score (nSPS) is 15.8. The highest BCUT2D eigenvalue weighted by Crippen LogP contribution is 2.12. The van der Waals surface area contributed by atoms with E-state index in [1.54, 1.807) is 12.1 Å². The van der Waals surface area contributed by atoms with Crippen LogP contribution in [0, 0.1) is 5.82 Å². The van der Waals surface area contributed by atoms with Gasteiger partial charge in [-0.05, 0) is 17.7 Å². The Morgan fingerprint density at radius 2 is 1.62 bits per heavy atom. The van der Waals surface area contributed by atoms with Crippen LogP contribution in [0.15, 0.2) is 60.7 Å². The standard InChI is InChI=1S/C20H21FN2O/c21-19-9-5-4-8-18(19)16-22-12-14-23(15-13-22)20(24)11-10-17-6-2-1-3-7-17/h1-11H,12-16H2/b11-10+. The maximum atomic E-state index is 13.7. The topological polar surface area (TPSA) is 23.6 Å². The van der Waals surface area contributed by atoms with Crippen LogP contribution in [0.25, 0.3) is 6.08 Å². The van der Waals surface area contributed by atoms with Crippen molar-refractivity contribution < 1.29 is 9.18 Å². The van der Waals surface area contributed by atoms with E-state index in [0.717, 1.165) is 18.7 Å². The van der Waals surface area contributed by atoms with Gasteiger partial charge in [0.1, 0.15) is 5.82 Å². The maximum absolute atomic E-state index is 13.7. The van der Waals surface area contributed by atoms with E-state index in [1.165, 1.54) is 6.07 Å². The van der Waals surface area contributed by atoms with Crippen LogP contribution in [0.1, 0.15) is 11.1 Å². The van der Waals surface area contributed by atoms with Gasteiger partial charge < -0.3 is 4.90 Å². The van der Waals surface area contributed by atoms with Gasteiger partial charge in [0, 0.05) is 44.4 Å². The highest BCUT2D eigenvalue weighted by Gasteiger charge is 2.20. The largest absolute Gasteiger partial charge is 0.337 e. The van der Waals surface area contributed by atoms with Crippen LogP contribution < -0.4 is 0 Å². The van der Waals surface area contributed by atoms with Gasteiger partial charge in [0.05, 0.1) is 0 Å². The van der Waals surface area contributed by atoms with Crippen molar-refractivity contribution in [1.82, 2.24) is 9.80 Å². The molecule has 4 heteroatoms. The fourth-order valence-electron chi connectivity index (χ4n) is 2.83. The Balaban J connectivity index is 1.50. The van der Waals surface area contributed by atoms with E-state index in [4.69, 9.17) is 0 Å². The molecule has 24 heavy (non-hydrogen) atoms. The Morgan fingerprint density at radius 1 is 0.958 bits per heavy atom. The number of carbonyl (C=O) groups is 1. The molecule has 0 unspecified atom stereocenters. The van der Waals surface area contributed by atoms with Gasteiger partial charge >= 0.3 is 0 Å². The zero-order chi connectivity index (χ0) is 16.8.